The van der Waals surface area contributed by atoms with E-state index in [0.717, 1.165) is 30.6 Å². The van der Waals surface area contributed by atoms with Crippen LogP contribution in [0.3, 0.4) is 0 Å². The summed E-state index contributed by atoms with van der Waals surface area (Å²) in [5.41, 5.74) is 7.46. The molecule has 0 N–H and O–H groups in total. The van der Waals surface area contributed by atoms with Gasteiger partial charge in [0.15, 0.2) is 0 Å². The van der Waals surface area contributed by atoms with Crippen molar-refractivity contribution < 1.29 is 0 Å². The first kappa shape index (κ1) is 25.0. The Morgan fingerprint density at radius 1 is 0.613 bits per heavy atom. The first-order valence-corrected chi connectivity index (χ1v) is 12.0. The van der Waals surface area contributed by atoms with Crippen molar-refractivity contribution in [2.75, 3.05) is 0 Å². The van der Waals surface area contributed by atoms with E-state index in [1.165, 1.54) is 22.3 Å². The van der Waals surface area contributed by atoms with Crippen LogP contribution in [0.2, 0.25) is 0 Å². The largest absolute Gasteiger partial charge is 0.261 e. The van der Waals surface area contributed by atoms with Gasteiger partial charge >= 0.3 is 0 Å². The summed E-state index contributed by atoms with van der Waals surface area (Å²) >= 11 is 0. The van der Waals surface area contributed by atoms with Crippen LogP contribution >= 0.6 is 0 Å². The maximum Gasteiger partial charge on any atom is 0.0663 e. The van der Waals surface area contributed by atoms with Gasteiger partial charge in [0, 0.05) is 12.4 Å². The minimum atomic E-state index is 0.465. The Morgan fingerprint density at radius 2 is 1.00 bits per heavy atom. The first-order valence-electron chi connectivity index (χ1n) is 12.0. The van der Waals surface area contributed by atoms with Gasteiger partial charge in [-0.25, -0.2) is 0 Å². The molecule has 0 spiro atoms. The topological polar surface area (TPSA) is 24.7 Å². The molecule has 2 nitrogen and oxygen atoms in total. The second-order valence-corrected chi connectivity index (χ2v) is 10.2. The van der Waals surface area contributed by atoms with Crippen molar-refractivity contribution in [3.8, 4) is 0 Å². The molecule has 0 aliphatic carbocycles. The summed E-state index contributed by atoms with van der Waals surface area (Å²) in [5.74, 6) is 2.19. The zero-order valence-corrected chi connectivity index (χ0v) is 20.9. The van der Waals surface area contributed by atoms with E-state index >= 15 is 0 Å². The molecular weight excluding hydrogens is 376 g/mol. The Labute approximate surface area is 190 Å². The van der Waals surface area contributed by atoms with Crippen molar-refractivity contribution in [1.82, 2.24) is 0 Å². The van der Waals surface area contributed by atoms with Crippen molar-refractivity contribution in [2.45, 2.75) is 86.5 Å². The summed E-state index contributed by atoms with van der Waals surface area (Å²) in [5, 5.41) is 0. The summed E-state index contributed by atoms with van der Waals surface area (Å²) < 4.78 is 0. The van der Waals surface area contributed by atoms with Gasteiger partial charge in [0.25, 0.3) is 0 Å². The van der Waals surface area contributed by atoms with Gasteiger partial charge in [0.05, 0.1) is 11.4 Å². The van der Waals surface area contributed by atoms with Gasteiger partial charge in [-0.3, -0.25) is 9.98 Å². The molecule has 0 radical (unpaired) electrons. The number of nitrogens with zero attached hydrogens (tertiary/aromatic N) is 2. The molecule has 0 saturated carbocycles. The van der Waals surface area contributed by atoms with Crippen molar-refractivity contribution >= 4 is 23.8 Å². The van der Waals surface area contributed by atoms with E-state index in [1.54, 1.807) is 0 Å². The Balaban J connectivity index is 2.32. The second kappa shape index (κ2) is 12.0. The predicted octanol–water partition coefficient (Wildman–Crippen LogP) is 9.02. The van der Waals surface area contributed by atoms with Gasteiger partial charge < -0.3 is 0 Å². The third kappa shape index (κ3) is 8.09. The zero-order valence-electron chi connectivity index (χ0n) is 20.9. The van der Waals surface area contributed by atoms with E-state index in [2.05, 4.69) is 104 Å². The highest BCUT2D eigenvalue weighted by Crippen LogP contribution is 2.31. The molecule has 0 bridgehead atoms. The molecular formula is C29H42N2. The third-order valence-electron chi connectivity index (χ3n) is 5.46. The van der Waals surface area contributed by atoms with Crippen LogP contribution in [0.25, 0.3) is 0 Å². The number of aliphatic imine (C=N–C) groups is 2. The molecule has 0 amide bonds. The molecule has 2 heteroatoms. The molecule has 2 aromatic rings. The number of rotatable bonds is 10. The Kier molecular flexibility index (Phi) is 9.68. The highest BCUT2D eigenvalue weighted by molar-refractivity contribution is 5.67. The van der Waals surface area contributed by atoms with Gasteiger partial charge in [0.2, 0.25) is 0 Å². The van der Waals surface area contributed by atoms with Crippen LogP contribution in [0, 0.1) is 11.8 Å². The van der Waals surface area contributed by atoms with E-state index in [0.29, 0.717) is 23.7 Å². The van der Waals surface area contributed by atoms with Crippen LogP contribution in [-0.2, 0) is 6.42 Å². The standard InChI is InChI=1S/C29H42N2/c1-20(2)13-15-30-28-18-24(9-11-26(28)22(5)6)17-25-10-12-27(23(7)8)29(19-25)31-16-14-21(3)4/h9-12,15-16,18-23H,13-14,17H2,1-8H3. The fourth-order valence-electron chi connectivity index (χ4n) is 3.56. The zero-order chi connectivity index (χ0) is 23.0. The summed E-state index contributed by atoms with van der Waals surface area (Å²) in [6.07, 6.45) is 7.08. The Bertz CT molecular complexity index is 812. The fourth-order valence-corrected chi connectivity index (χ4v) is 3.56. The van der Waals surface area contributed by atoms with Gasteiger partial charge in [-0.2, -0.15) is 0 Å². The summed E-state index contributed by atoms with van der Waals surface area (Å²) in [6.45, 7) is 17.9. The van der Waals surface area contributed by atoms with Crippen LogP contribution in [0.5, 0.6) is 0 Å². The lowest BCUT2D eigenvalue weighted by atomic mass is 9.94. The average Bonchev–Trinajstić information content (AvgIpc) is 2.67. The quantitative estimate of drug-likeness (QED) is 0.344. The van der Waals surface area contributed by atoms with Gasteiger partial charge in [-0.05, 0) is 77.3 Å². The lowest BCUT2D eigenvalue weighted by Crippen LogP contribution is -1.95. The number of hydrogen-bond donors (Lipinski definition) is 0. The van der Waals surface area contributed by atoms with Crippen molar-refractivity contribution in [3.05, 3.63) is 58.7 Å². The highest BCUT2D eigenvalue weighted by atomic mass is 14.7. The molecule has 168 valence electrons. The van der Waals surface area contributed by atoms with Crippen LogP contribution in [0.4, 0.5) is 11.4 Å². The van der Waals surface area contributed by atoms with E-state index in [9.17, 15) is 0 Å². The molecule has 2 aromatic carbocycles. The smallest absolute Gasteiger partial charge is 0.0663 e. The minimum Gasteiger partial charge on any atom is -0.261 e. The molecule has 31 heavy (non-hydrogen) atoms. The molecule has 0 aromatic heterocycles. The Morgan fingerprint density at radius 3 is 1.32 bits per heavy atom. The minimum absolute atomic E-state index is 0.465. The summed E-state index contributed by atoms with van der Waals surface area (Å²) in [7, 11) is 0. The molecule has 2 rings (SSSR count). The Hall–Kier alpha value is -2.22. The van der Waals surface area contributed by atoms with E-state index in [4.69, 9.17) is 9.98 Å². The molecule has 0 saturated heterocycles. The predicted molar refractivity (Wildman–Crippen MR) is 139 cm³/mol. The van der Waals surface area contributed by atoms with Crippen molar-refractivity contribution in [1.29, 1.82) is 0 Å². The van der Waals surface area contributed by atoms with Crippen LogP contribution < -0.4 is 0 Å². The van der Waals surface area contributed by atoms with Crippen LogP contribution in [0.15, 0.2) is 46.4 Å². The van der Waals surface area contributed by atoms with Crippen LogP contribution in [-0.4, -0.2) is 12.4 Å². The molecule has 0 heterocycles. The third-order valence-corrected chi connectivity index (χ3v) is 5.46. The van der Waals surface area contributed by atoms with E-state index in [-0.39, 0.29) is 0 Å². The average molecular weight is 419 g/mol. The maximum atomic E-state index is 4.83. The number of benzene rings is 2. The molecule has 0 aliphatic heterocycles. The summed E-state index contributed by atoms with van der Waals surface area (Å²) in [4.78, 5) is 9.67. The molecule has 0 unspecified atom stereocenters. The maximum absolute atomic E-state index is 4.83. The molecule has 0 fully saturated rings. The normalized spacial score (nSPS) is 12.5. The van der Waals surface area contributed by atoms with Crippen LogP contribution in [0.1, 0.15) is 102 Å². The van der Waals surface area contributed by atoms with Gasteiger partial charge in [0.1, 0.15) is 0 Å². The highest BCUT2D eigenvalue weighted by Gasteiger charge is 2.10. The van der Waals surface area contributed by atoms with E-state index < -0.39 is 0 Å². The van der Waals surface area contributed by atoms with Gasteiger partial charge in [-0.1, -0.05) is 79.7 Å². The summed E-state index contributed by atoms with van der Waals surface area (Å²) in [6, 6.07) is 13.6. The lowest BCUT2D eigenvalue weighted by molar-refractivity contribution is 0.690. The first-order chi connectivity index (χ1) is 14.7. The lowest BCUT2D eigenvalue weighted by Gasteiger charge is -2.14. The fraction of sp³-hybridized carbons (Fsp3) is 0.517. The monoisotopic (exact) mass is 418 g/mol. The van der Waals surface area contributed by atoms with Crippen molar-refractivity contribution in [2.24, 2.45) is 21.8 Å². The van der Waals surface area contributed by atoms with E-state index in [1.807, 2.05) is 0 Å². The van der Waals surface area contributed by atoms with Crippen molar-refractivity contribution in [3.63, 3.8) is 0 Å². The van der Waals surface area contributed by atoms with Gasteiger partial charge in [-0.15, -0.1) is 0 Å². The second-order valence-electron chi connectivity index (χ2n) is 10.2. The SMILES string of the molecule is CC(C)CC=Nc1cc(Cc2ccc(C(C)C)c(N=CCC(C)C)c2)ccc1C(C)C. The molecule has 0 atom stereocenters. The number of hydrogen-bond acceptors (Lipinski definition) is 2. The molecule has 0 aliphatic rings.